The Morgan fingerprint density at radius 2 is 0.938 bits per heavy atom. The minimum absolute atomic E-state index is 1.13. The van der Waals surface area contributed by atoms with Crippen molar-refractivity contribution in [3.8, 4) is 11.1 Å². The standard InChI is InChI=1S/C46H29NS/c1-3-12-36-30(9-1)11-7-15-37(36)32-19-24-34(25-20-32)47(44-17-8-16-42-41-14-5-6-18-45(41)48-46(42)44)35-26-21-33-23-27-39-38-13-4-2-10-31(38)22-28-40(39)43(33)29-35/h1-29H. The highest BCUT2D eigenvalue weighted by Gasteiger charge is 2.19. The van der Waals surface area contributed by atoms with Gasteiger partial charge in [0.25, 0.3) is 0 Å². The summed E-state index contributed by atoms with van der Waals surface area (Å²) in [4.78, 5) is 2.45. The molecular weight excluding hydrogens is 599 g/mol. The number of nitrogens with zero attached hydrogens (tertiary/aromatic N) is 1. The van der Waals surface area contributed by atoms with Gasteiger partial charge in [0.2, 0.25) is 0 Å². The summed E-state index contributed by atoms with van der Waals surface area (Å²) in [5.74, 6) is 0. The van der Waals surface area contributed by atoms with Crippen LogP contribution in [0.25, 0.3) is 74.4 Å². The van der Waals surface area contributed by atoms with E-state index in [4.69, 9.17) is 0 Å². The minimum atomic E-state index is 1.13. The van der Waals surface area contributed by atoms with E-state index in [1.54, 1.807) is 0 Å². The molecule has 0 aliphatic rings. The van der Waals surface area contributed by atoms with E-state index in [-0.39, 0.29) is 0 Å². The molecule has 10 rings (SSSR count). The van der Waals surface area contributed by atoms with Crippen molar-refractivity contribution in [2.45, 2.75) is 0 Å². The molecule has 0 spiro atoms. The molecule has 1 aromatic heterocycles. The van der Waals surface area contributed by atoms with Crippen LogP contribution in [-0.2, 0) is 0 Å². The van der Waals surface area contributed by atoms with Gasteiger partial charge in [-0.2, -0.15) is 0 Å². The Labute approximate surface area is 282 Å². The molecule has 224 valence electrons. The lowest BCUT2D eigenvalue weighted by Crippen LogP contribution is -2.10. The van der Waals surface area contributed by atoms with Gasteiger partial charge in [-0.1, -0.05) is 140 Å². The second-order valence-corrected chi connectivity index (χ2v) is 13.6. The third kappa shape index (κ3) is 4.24. The second kappa shape index (κ2) is 10.8. The van der Waals surface area contributed by atoms with Gasteiger partial charge in [0, 0.05) is 26.8 Å². The van der Waals surface area contributed by atoms with E-state index in [1.165, 1.54) is 80.1 Å². The van der Waals surface area contributed by atoms with Crippen molar-refractivity contribution in [2.24, 2.45) is 0 Å². The zero-order valence-corrected chi connectivity index (χ0v) is 26.9. The Balaban J connectivity index is 1.20. The zero-order valence-electron chi connectivity index (χ0n) is 26.1. The van der Waals surface area contributed by atoms with E-state index < -0.39 is 0 Å². The number of hydrogen-bond donors (Lipinski definition) is 0. The van der Waals surface area contributed by atoms with Crippen molar-refractivity contribution in [3.63, 3.8) is 0 Å². The van der Waals surface area contributed by atoms with Crippen LogP contribution in [0.2, 0.25) is 0 Å². The van der Waals surface area contributed by atoms with Crippen molar-refractivity contribution >= 4 is 91.7 Å². The number of benzene rings is 9. The molecule has 0 bridgehead atoms. The second-order valence-electron chi connectivity index (χ2n) is 12.5. The van der Waals surface area contributed by atoms with Crippen LogP contribution in [0.3, 0.4) is 0 Å². The lowest BCUT2D eigenvalue weighted by atomic mass is 9.96. The summed E-state index contributed by atoms with van der Waals surface area (Å²) < 4.78 is 2.60. The zero-order chi connectivity index (χ0) is 31.6. The van der Waals surface area contributed by atoms with Crippen LogP contribution in [0.1, 0.15) is 0 Å². The lowest BCUT2D eigenvalue weighted by molar-refractivity contribution is 1.31. The quantitative estimate of drug-likeness (QED) is 0.176. The van der Waals surface area contributed by atoms with Crippen LogP contribution >= 0.6 is 11.3 Å². The van der Waals surface area contributed by atoms with Crippen LogP contribution < -0.4 is 4.90 Å². The summed E-state index contributed by atoms with van der Waals surface area (Å²) in [6, 6.07) is 64.6. The molecule has 0 saturated carbocycles. The van der Waals surface area contributed by atoms with Gasteiger partial charge in [0.1, 0.15) is 0 Å². The van der Waals surface area contributed by atoms with Gasteiger partial charge in [-0.3, -0.25) is 0 Å². The van der Waals surface area contributed by atoms with Gasteiger partial charge in [-0.25, -0.2) is 0 Å². The average molecular weight is 628 g/mol. The Morgan fingerprint density at radius 1 is 0.354 bits per heavy atom. The van der Waals surface area contributed by atoms with E-state index in [2.05, 4.69) is 181 Å². The van der Waals surface area contributed by atoms with E-state index in [0.29, 0.717) is 0 Å². The maximum Gasteiger partial charge on any atom is 0.0640 e. The summed E-state index contributed by atoms with van der Waals surface area (Å²) in [5.41, 5.74) is 5.94. The maximum atomic E-state index is 2.45. The molecular formula is C46H29NS. The Hall–Kier alpha value is -5.96. The molecule has 2 heteroatoms. The maximum absolute atomic E-state index is 2.45. The van der Waals surface area contributed by atoms with Gasteiger partial charge in [0.05, 0.1) is 10.4 Å². The minimum Gasteiger partial charge on any atom is -0.309 e. The van der Waals surface area contributed by atoms with Gasteiger partial charge >= 0.3 is 0 Å². The highest BCUT2D eigenvalue weighted by atomic mass is 32.1. The number of fused-ring (bicyclic) bond motifs is 9. The SMILES string of the molecule is c1ccc2c(-c3ccc(N(c4ccc5ccc6c7ccccc7ccc6c5c4)c4cccc5c4sc4ccccc45)cc3)cccc2c1. The molecule has 0 fully saturated rings. The first-order valence-corrected chi connectivity index (χ1v) is 17.2. The number of rotatable bonds is 4. The molecule has 48 heavy (non-hydrogen) atoms. The predicted octanol–water partition coefficient (Wildman–Crippen LogP) is 13.8. The largest absolute Gasteiger partial charge is 0.309 e. The van der Waals surface area contributed by atoms with Crippen molar-refractivity contribution in [3.05, 3.63) is 176 Å². The van der Waals surface area contributed by atoms with E-state index >= 15 is 0 Å². The highest BCUT2D eigenvalue weighted by Crippen LogP contribution is 2.46. The number of anilines is 3. The molecule has 0 radical (unpaired) electrons. The lowest BCUT2D eigenvalue weighted by Gasteiger charge is -2.27. The van der Waals surface area contributed by atoms with Crippen molar-refractivity contribution in [2.75, 3.05) is 4.90 Å². The van der Waals surface area contributed by atoms with E-state index in [9.17, 15) is 0 Å². The predicted molar refractivity (Wildman–Crippen MR) is 209 cm³/mol. The third-order valence-corrected chi connectivity index (χ3v) is 11.0. The first kappa shape index (κ1) is 27.2. The van der Waals surface area contributed by atoms with Gasteiger partial charge in [-0.05, 0) is 90.6 Å². The van der Waals surface area contributed by atoms with Gasteiger partial charge in [-0.15, -0.1) is 11.3 Å². The molecule has 0 amide bonds. The average Bonchev–Trinajstić information content (AvgIpc) is 3.54. The van der Waals surface area contributed by atoms with Crippen LogP contribution in [0.15, 0.2) is 176 Å². The highest BCUT2D eigenvalue weighted by molar-refractivity contribution is 7.26. The fraction of sp³-hybridized carbons (Fsp3) is 0. The van der Waals surface area contributed by atoms with Crippen molar-refractivity contribution < 1.29 is 0 Å². The summed E-state index contributed by atoms with van der Waals surface area (Å²) in [7, 11) is 0. The van der Waals surface area contributed by atoms with E-state index in [1.807, 2.05) is 11.3 Å². The Kier molecular flexibility index (Phi) is 6.12. The number of hydrogen-bond acceptors (Lipinski definition) is 2. The normalized spacial score (nSPS) is 11.8. The summed E-state index contributed by atoms with van der Waals surface area (Å²) in [5, 5.41) is 12.8. The monoisotopic (exact) mass is 627 g/mol. The topological polar surface area (TPSA) is 3.24 Å². The number of thiophene rings is 1. The molecule has 0 saturated heterocycles. The first-order valence-electron chi connectivity index (χ1n) is 16.4. The van der Waals surface area contributed by atoms with Crippen LogP contribution in [0, 0.1) is 0 Å². The molecule has 0 aliphatic heterocycles. The first-order chi connectivity index (χ1) is 23.8. The molecule has 1 nitrogen and oxygen atoms in total. The molecule has 9 aromatic carbocycles. The fourth-order valence-corrected chi connectivity index (χ4v) is 8.75. The van der Waals surface area contributed by atoms with Gasteiger partial charge < -0.3 is 4.90 Å². The van der Waals surface area contributed by atoms with Crippen LogP contribution in [0.5, 0.6) is 0 Å². The molecule has 0 atom stereocenters. The third-order valence-electron chi connectivity index (χ3n) is 9.84. The van der Waals surface area contributed by atoms with Crippen molar-refractivity contribution in [1.82, 2.24) is 0 Å². The van der Waals surface area contributed by atoms with Crippen LogP contribution in [0.4, 0.5) is 17.1 Å². The molecule has 1 heterocycles. The molecule has 0 unspecified atom stereocenters. The molecule has 0 aliphatic carbocycles. The van der Waals surface area contributed by atoms with Crippen molar-refractivity contribution in [1.29, 1.82) is 0 Å². The van der Waals surface area contributed by atoms with Crippen LogP contribution in [-0.4, -0.2) is 0 Å². The molecule has 10 aromatic rings. The Bertz CT molecular complexity index is 2840. The summed E-state index contributed by atoms with van der Waals surface area (Å²) in [6.45, 7) is 0. The fourth-order valence-electron chi connectivity index (χ4n) is 7.55. The summed E-state index contributed by atoms with van der Waals surface area (Å²) in [6.07, 6.45) is 0. The molecule has 0 N–H and O–H groups in total. The Morgan fingerprint density at radius 3 is 1.77 bits per heavy atom. The summed E-state index contributed by atoms with van der Waals surface area (Å²) >= 11 is 1.87. The smallest absolute Gasteiger partial charge is 0.0640 e. The van der Waals surface area contributed by atoms with E-state index in [0.717, 1.165) is 11.4 Å². The van der Waals surface area contributed by atoms with Gasteiger partial charge in [0.15, 0.2) is 0 Å².